The van der Waals surface area contributed by atoms with Crippen molar-refractivity contribution in [3.8, 4) is 0 Å². The maximum Gasteiger partial charge on any atom is 0.242 e. The van der Waals surface area contributed by atoms with Crippen molar-refractivity contribution in [1.82, 2.24) is 14.7 Å². The number of rotatable bonds is 4. The summed E-state index contributed by atoms with van der Waals surface area (Å²) >= 11 is 0. The van der Waals surface area contributed by atoms with Crippen LogP contribution >= 0.6 is 0 Å². The third-order valence-corrected chi connectivity index (χ3v) is 5.40. The summed E-state index contributed by atoms with van der Waals surface area (Å²) in [5.41, 5.74) is -0.775. The Labute approximate surface area is 138 Å². The van der Waals surface area contributed by atoms with Gasteiger partial charge in [-0.05, 0) is 45.2 Å². The molecule has 1 unspecified atom stereocenters. The molecule has 0 radical (unpaired) electrons. The lowest BCUT2D eigenvalue weighted by Gasteiger charge is -2.29. The largest absolute Gasteiger partial charge is 0.387 e. The second-order valence-electron chi connectivity index (χ2n) is 7.40. The number of nitrogens with zero attached hydrogens (tertiary/aromatic N) is 3. The van der Waals surface area contributed by atoms with Gasteiger partial charge in [-0.1, -0.05) is 6.42 Å². The molecule has 3 aliphatic heterocycles. The van der Waals surface area contributed by atoms with E-state index in [1.807, 2.05) is 0 Å². The summed E-state index contributed by atoms with van der Waals surface area (Å²) in [7, 11) is 0. The number of hydrogen-bond donors (Lipinski definition) is 1. The number of likely N-dealkylation sites (tertiary alicyclic amines) is 3. The van der Waals surface area contributed by atoms with Crippen LogP contribution in [0, 0.1) is 0 Å². The van der Waals surface area contributed by atoms with Crippen LogP contribution in [0.1, 0.15) is 44.9 Å². The highest BCUT2D eigenvalue weighted by molar-refractivity contribution is 5.85. The summed E-state index contributed by atoms with van der Waals surface area (Å²) in [6, 6.07) is 0. The van der Waals surface area contributed by atoms with Crippen LogP contribution in [0.3, 0.4) is 0 Å². The van der Waals surface area contributed by atoms with E-state index >= 15 is 0 Å². The molecule has 23 heavy (non-hydrogen) atoms. The molecule has 0 aromatic rings. The molecule has 3 heterocycles. The van der Waals surface area contributed by atoms with E-state index in [1.165, 1.54) is 12.8 Å². The molecule has 3 saturated heterocycles. The average Bonchev–Trinajstić information content (AvgIpc) is 3.10. The second-order valence-corrected chi connectivity index (χ2v) is 7.40. The Hall–Kier alpha value is -1.14. The molecule has 0 spiro atoms. The van der Waals surface area contributed by atoms with Crippen LogP contribution in [0.15, 0.2) is 0 Å². The third kappa shape index (κ3) is 4.23. The number of β-amino-alcohol motifs (C(OH)–C–C–N with tert-alkyl or cyclic N) is 1. The SMILES string of the molecule is O=C1CCCCCN1CC(=O)N1CCC(O)(CN2CCCC2)C1. The molecule has 1 N–H and O–H groups in total. The Morgan fingerprint density at radius 1 is 1.04 bits per heavy atom. The number of aliphatic hydroxyl groups is 1. The summed E-state index contributed by atoms with van der Waals surface area (Å²) in [5, 5.41) is 10.8. The van der Waals surface area contributed by atoms with Crippen LogP contribution < -0.4 is 0 Å². The smallest absolute Gasteiger partial charge is 0.242 e. The van der Waals surface area contributed by atoms with Gasteiger partial charge in [0.2, 0.25) is 11.8 Å². The third-order valence-electron chi connectivity index (χ3n) is 5.40. The first-order chi connectivity index (χ1) is 11.1. The summed E-state index contributed by atoms with van der Waals surface area (Å²) in [5.74, 6) is 0.0833. The molecule has 0 saturated carbocycles. The molecule has 6 nitrogen and oxygen atoms in total. The van der Waals surface area contributed by atoms with Gasteiger partial charge in [-0.25, -0.2) is 0 Å². The summed E-state index contributed by atoms with van der Waals surface area (Å²) in [6.07, 6.45) is 6.59. The van der Waals surface area contributed by atoms with E-state index in [2.05, 4.69) is 4.90 Å². The van der Waals surface area contributed by atoms with E-state index in [-0.39, 0.29) is 18.4 Å². The molecule has 0 aliphatic carbocycles. The zero-order valence-corrected chi connectivity index (χ0v) is 14.0. The van der Waals surface area contributed by atoms with Crippen LogP contribution in [0.2, 0.25) is 0 Å². The molecule has 6 heteroatoms. The Morgan fingerprint density at radius 2 is 1.78 bits per heavy atom. The Kier molecular flexibility index (Phi) is 5.21. The minimum Gasteiger partial charge on any atom is -0.387 e. The maximum atomic E-state index is 12.5. The van der Waals surface area contributed by atoms with Gasteiger partial charge in [0.25, 0.3) is 0 Å². The maximum absolute atomic E-state index is 12.5. The Bertz CT molecular complexity index is 450. The number of carbonyl (C=O) groups excluding carboxylic acids is 2. The van der Waals surface area contributed by atoms with Gasteiger partial charge in [0.05, 0.1) is 18.7 Å². The van der Waals surface area contributed by atoms with Gasteiger partial charge in [-0.15, -0.1) is 0 Å². The fourth-order valence-corrected chi connectivity index (χ4v) is 4.02. The van der Waals surface area contributed by atoms with Gasteiger partial charge in [0.1, 0.15) is 0 Å². The zero-order chi connectivity index (χ0) is 16.3. The lowest BCUT2D eigenvalue weighted by Crippen LogP contribution is -2.47. The second kappa shape index (κ2) is 7.18. The molecule has 130 valence electrons. The Morgan fingerprint density at radius 3 is 2.57 bits per heavy atom. The monoisotopic (exact) mass is 323 g/mol. The molecule has 0 aromatic carbocycles. The summed E-state index contributed by atoms with van der Waals surface area (Å²) < 4.78 is 0. The van der Waals surface area contributed by atoms with Crippen LogP contribution in [-0.4, -0.2) is 83.0 Å². The quantitative estimate of drug-likeness (QED) is 0.816. The van der Waals surface area contributed by atoms with E-state index in [0.29, 0.717) is 39.0 Å². The standard InChI is InChI=1S/C17H29N3O3/c21-15-6-2-1-3-10-19(15)12-16(22)20-11-7-17(23,14-20)13-18-8-4-5-9-18/h23H,1-14H2. The highest BCUT2D eigenvalue weighted by atomic mass is 16.3. The Balaban J connectivity index is 1.51. The van der Waals surface area contributed by atoms with Crippen molar-refractivity contribution in [3.05, 3.63) is 0 Å². The molecular weight excluding hydrogens is 294 g/mol. The number of hydrogen-bond acceptors (Lipinski definition) is 4. The fraction of sp³-hybridized carbons (Fsp3) is 0.882. The van der Waals surface area contributed by atoms with E-state index < -0.39 is 5.60 Å². The highest BCUT2D eigenvalue weighted by Gasteiger charge is 2.40. The van der Waals surface area contributed by atoms with Crippen molar-refractivity contribution < 1.29 is 14.7 Å². The molecule has 3 aliphatic rings. The van der Waals surface area contributed by atoms with E-state index in [4.69, 9.17) is 0 Å². The fourth-order valence-electron chi connectivity index (χ4n) is 4.02. The van der Waals surface area contributed by atoms with Gasteiger partial charge >= 0.3 is 0 Å². The van der Waals surface area contributed by atoms with Crippen LogP contribution in [0.25, 0.3) is 0 Å². The van der Waals surface area contributed by atoms with Gasteiger partial charge < -0.3 is 19.8 Å². The van der Waals surface area contributed by atoms with Crippen molar-refractivity contribution in [1.29, 1.82) is 0 Å². The van der Waals surface area contributed by atoms with E-state index in [0.717, 1.165) is 32.4 Å². The average molecular weight is 323 g/mol. The van der Waals surface area contributed by atoms with Crippen LogP contribution in [0.4, 0.5) is 0 Å². The van der Waals surface area contributed by atoms with Gasteiger partial charge in [-0.3, -0.25) is 9.59 Å². The van der Waals surface area contributed by atoms with Crippen molar-refractivity contribution >= 4 is 11.8 Å². The van der Waals surface area contributed by atoms with Crippen molar-refractivity contribution in [2.24, 2.45) is 0 Å². The summed E-state index contributed by atoms with van der Waals surface area (Å²) in [6.45, 7) is 4.65. The first-order valence-electron chi connectivity index (χ1n) is 9.06. The van der Waals surface area contributed by atoms with E-state index in [9.17, 15) is 14.7 Å². The van der Waals surface area contributed by atoms with Crippen LogP contribution in [-0.2, 0) is 9.59 Å². The number of carbonyl (C=O) groups is 2. The molecule has 3 rings (SSSR count). The minimum atomic E-state index is -0.775. The van der Waals surface area contributed by atoms with E-state index in [1.54, 1.807) is 9.80 Å². The zero-order valence-electron chi connectivity index (χ0n) is 14.0. The molecular formula is C17H29N3O3. The predicted octanol–water partition coefficient (Wildman–Crippen LogP) is 0.448. The van der Waals surface area contributed by atoms with Gasteiger partial charge in [-0.2, -0.15) is 0 Å². The summed E-state index contributed by atoms with van der Waals surface area (Å²) in [4.78, 5) is 30.3. The van der Waals surface area contributed by atoms with Crippen molar-refractivity contribution in [3.63, 3.8) is 0 Å². The topological polar surface area (TPSA) is 64.1 Å². The highest BCUT2D eigenvalue weighted by Crippen LogP contribution is 2.24. The minimum absolute atomic E-state index is 0.0161. The molecule has 3 fully saturated rings. The molecule has 1 atom stereocenters. The van der Waals surface area contributed by atoms with Crippen molar-refractivity contribution in [2.75, 3.05) is 45.8 Å². The molecule has 2 amide bonds. The molecule has 0 bridgehead atoms. The van der Waals surface area contributed by atoms with Crippen LogP contribution in [0.5, 0.6) is 0 Å². The first kappa shape index (κ1) is 16.7. The first-order valence-corrected chi connectivity index (χ1v) is 9.06. The lowest BCUT2D eigenvalue weighted by atomic mass is 10.0. The number of amides is 2. The normalized spacial score (nSPS) is 30.0. The molecule has 0 aromatic heterocycles. The predicted molar refractivity (Wildman–Crippen MR) is 86.9 cm³/mol. The van der Waals surface area contributed by atoms with Crippen molar-refractivity contribution in [2.45, 2.75) is 50.5 Å². The van der Waals surface area contributed by atoms with Gasteiger partial charge in [0.15, 0.2) is 0 Å². The van der Waals surface area contributed by atoms with Gasteiger partial charge in [0, 0.05) is 26.1 Å². The lowest BCUT2D eigenvalue weighted by molar-refractivity contribution is -0.140.